The summed E-state index contributed by atoms with van der Waals surface area (Å²) in [5.41, 5.74) is 5.68. The van der Waals surface area contributed by atoms with Crippen LogP contribution in [0.4, 0.5) is 0 Å². The van der Waals surface area contributed by atoms with Gasteiger partial charge in [0.2, 0.25) is 0 Å². The number of rotatable bonds is 5. The first kappa shape index (κ1) is 12.9. The van der Waals surface area contributed by atoms with E-state index in [0.29, 0.717) is 0 Å². The summed E-state index contributed by atoms with van der Waals surface area (Å²) in [7, 11) is 0. The molecule has 0 aliphatic carbocycles. The Morgan fingerprint density at radius 3 is 1.50 bits per heavy atom. The fourth-order valence-electron chi connectivity index (χ4n) is 2.39. The molecule has 0 heterocycles. The van der Waals surface area contributed by atoms with Crippen molar-refractivity contribution in [2.24, 2.45) is 0 Å². The van der Waals surface area contributed by atoms with Crippen LogP contribution < -0.4 is 0 Å². The highest BCUT2D eigenvalue weighted by molar-refractivity contribution is 5.23. The van der Waals surface area contributed by atoms with Crippen LogP contribution in [-0.2, 0) is 12.8 Å². The third-order valence-electron chi connectivity index (χ3n) is 3.35. The maximum absolute atomic E-state index is 2.30. The molecule has 94 valence electrons. The van der Waals surface area contributed by atoms with E-state index in [0.717, 1.165) is 0 Å². The molecule has 0 aliphatic rings. The summed E-state index contributed by atoms with van der Waals surface area (Å²) >= 11 is 0. The first-order valence-corrected chi connectivity index (χ1v) is 6.85. The lowest BCUT2D eigenvalue weighted by Gasteiger charge is -2.04. The molecule has 0 bridgehead atoms. The Morgan fingerprint density at radius 2 is 1.11 bits per heavy atom. The van der Waals surface area contributed by atoms with E-state index < -0.39 is 0 Å². The quantitative estimate of drug-likeness (QED) is 0.652. The van der Waals surface area contributed by atoms with Gasteiger partial charge in [-0.1, -0.05) is 59.7 Å². The molecule has 0 nitrogen and oxygen atoms in total. The largest absolute Gasteiger partial charge is 0.0617 e. The molecule has 0 N–H and O–H groups in total. The summed E-state index contributed by atoms with van der Waals surface area (Å²) in [4.78, 5) is 0. The molecule has 0 heteroatoms. The summed E-state index contributed by atoms with van der Waals surface area (Å²) in [5.74, 6) is 0. The highest BCUT2D eigenvalue weighted by Crippen LogP contribution is 2.11. The molecule has 18 heavy (non-hydrogen) atoms. The normalized spacial score (nSPS) is 10.6. The Hall–Kier alpha value is -1.56. The van der Waals surface area contributed by atoms with Gasteiger partial charge < -0.3 is 0 Å². The van der Waals surface area contributed by atoms with Crippen LogP contribution in [0, 0.1) is 13.8 Å². The van der Waals surface area contributed by atoms with Crippen LogP contribution in [0.5, 0.6) is 0 Å². The molecular formula is C18H22. The molecule has 2 rings (SSSR count). The Bertz CT molecular complexity index is 449. The smallest absolute Gasteiger partial charge is 0.0279 e. The third-order valence-corrected chi connectivity index (χ3v) is 3.35. The molecule has 0 aromatic heterocycles. The number of hydrogen-bond donors (Lipinski definition) is 0. The van der Waals surface area contributed by atoms with E-state index in [4.69, 9.17) is 0 Å². The highest BCUT2D eigenvalue weighted by Gasteiger charge is 1.96. The SMILES string of the molecule is Cc1cccc(CCCCc2cccc(C)c2)c1. The van der Waals surface area contributed by atoms with Gasteiger partial charge in [-0.3, -0.25) is 0 Å². The molecule has 0 radical (unpaired) electrons. The van der Waals surface area contributed by atoms with Gasteiger partial charge in [0.25, 0.3) is 0 Å². The van der Waals surface area contributed by atoms with Crippen LogP contribution in [0.3, 0.4) is 0 Å². The van der Waals surface area contributed by atoms with Gasteiger partial charge in [-0.25, -0.2) is 0 Å². The van der Waals surface area contributed by atoms with E-state index in [2.05, 4.69) is 62.4 Å². The lowest BCUT2D eigenvalue weighted by atomic mass is 10.0. The average molecular weight is 238 g/mol. The van der Waals surface area contributed by atoms with E-state index in [1.54, 1.807) is 0 Å². The minimum atomic E-state index is 1.20. The second kappa shape index (κ2) is 6.39. The van der Waals surface area contributed by atoms with E-state index in [9.17, 15) is 0 Å². The number of aryl methyl sites for hydroxylation is 4. The molecule has 0 saturated carbocycles. The maximum Gasteiger partial charge on any atom is -0.0279 e. The van der Waals surface area contributed by atoms with Crippen molar-refractivity contribution < 1.29 is 0 Å². The first-order chi connectivity index (χ1) is 8.74. The van der Waals surface area contributed by atoms with Gasteiger partial charge in [-0.05, 0) is 50.7 Å². The van der Waals surface area contributed by atoms with E-state index in [-0.39, 0.29) is 0 Å². The van der Waals surface area contributed by atoms with Crippen LogP contribution in [0.25, 0.3) is 0 Å². The zero-order chi connectivity index (χ0) is 12.8. The molecule has 0 amide bonds. The molecule has 2 aromatic carbocycles. The Morgan fingerprint density at radius 1 is 0.667 bits per heavy atom. The van der Waals surface area contributed by atoms with Crippen molar-refractivity contribution in [2.75, 3.05) is 0 Å². The summed E-state index contributed by atoms with van der Waals surface area (Å²) in [6.07, 6.45) is 4.95. The number of hydrogen-bond acceptors (Lipinski definition) is 0. The second-order valence-corrected chi connectivity index (χ2v) is 5.19. The second-order valence-electron chi connectivity index (χ2n) is 5.19. The van der Waals surface area contributed by atoms with Crippen LogP contribution in [-0.4, -0.2) is 0 Å². The zero-order valence-electron chi connectivity index (χ0n) is 11.4. The molecule has 0 unspecified atom stereocenters. The van der Waals surface area contributed by atoms with Crippen LogP contribution in [0.2, 0.25) is 0 Å². The summed E-state index contributed by atoms with van der Waals surface area (Å²) in [5, 5.41) is 0. The van der Waals surface area contributed by atoms with E-state index >= 15 is 0 Å². The molecule has 0 fully saturated rings. The van der Waals surface area contributed by atoms with E-state index in [1.807, 2.05) is 0 Å². The van der Waals surface area contributed by atoms with Gasteiger partial charge in [-0.15, -0.1) is 0 Å². The number of benzene rings is 2. The Balaban J connectivity index is 1.76. The molecule has 0 saturated heterocycles. The first-order valence-electron chi connectivity index (χ1n) is 6.85. The molecule has 0 aliphatic heterocycles. The van der Waals surface area contributed by atoms with Gasteiger partial charge in [0.1, 0.15) is 0 Å². The number of unbranched alkanes of at least 4 members (excludes halogenated alkanes) is 1. The van der Waals surface area contributed by atoms with E-state index in [1.165, 1.54) is 47.9 Å². The molecule has 0 spiro atoms. The predicted molar refractivity (Wildman–Crippen MR) is 79.0 cm³/mol. The van der Waals surface area contributed by atoms with Crippen LogP contribution in [0.15, 0.2) is 48.5 Å². The van der Waals surface area contributed by atoms with Gasteiger partial charge in [0.15, 0.2) is 0 Å². The highest BCUT2D eigenvalue weighted by atomic mass is 14.0. The van der Waals surface area contributed by atoms with Crippen molar-refractivity contribution in [2.45, 2.75) is 39.5 Å². The topological polar surface area (TPSA) is 0 Å². The van der Waals surface area contributed by atoms with Crippen molar-refractivity contribution in [3.05, 3.63) is 70.8 Å². The minimum absolute atomic E-state index is 1.20. The van der Waals surface area contributed by atoms with Crippen molar-refractivity contribution in [1.82, 2.24) is 0 Å². The van der Waals surface area contributed by atoms with Crippen molar-refractivity contribution in [1.29, 1.82) is 0 Å². The van der Waals surface area contributed by atoms with Crippen molar-refractivity contribution >= 4 is 0 Å². The van der Waals surface area contributed by atoms with Gasteiger partial charge >= 0.3 is 0 Å². The minimum Gasteiger partial charge on any atom is -0.0617 e. The lowest BCUT2D eigenvalue weighted by Crippen LogP contribution is -1.90. The monoisotopic (exact) mass is 238 g/mol. The maximum atomic E-state index is 2.30. The summed E-state index contributed by atoms with van der Waals surface area (Å²) < 4.78 is 0. The fourth-order valence-corrected chi connectivity index (χ4v) is 2.39. The van der Waals surface area contributed by atoms with Gasteiger partial charge in [-0.2, -0.15) is 0 Å². The molecule has 2 aromatic rings. The standard InChI is InChI=1S/C18H22/c1-15-7-5-11-17(13-15)9-3-4-10-18-12-6-8-16(2)14-18/h5-8,11-14H,3-4,9-10H2,1-2H3. The molecule has 0 atom stereocenters. The van der Waals surface area contributed by atoms with Gasteiger partial charge in [0.05, 0.1) is 0 Å². The van der Waals surface area contributed by atoms with Gasteiger partial charge in [0, 0.05) is 0 Å². The zero-order valence-corrected chi connectivity index (χ0v) is 11.4. The average Bonchev–Trinajstić information content (AvgIpc) is 2.35. The fraction of sp³-hybridized carbons (Fsp3) is 0.333. The Kier molecular flexibility index (Phi) is 4.58. The summed E-state index contributed by atoms with van der Waals surface area (Å²) in [6.45, 7) is 4.33. The predicted octanol–water partition coefficient (Wildman–Crippen LogP) is 4.87. The van der Waals surface area contributed by atoms with Crippen molar-refractivity contribution in [3.63, 3.8) is 0 Å². The van der Waals surface area contributed by atoms with Crippen LogP contribution in [0.1, 0.15) is 35.1 Å². The van der Waals surface area contributed by atoms with Crippen molar-refractivity contribution in [3.8, 4) is 0 Å². The third kappa shape index (κ3) is 4.03. The van der Waals surface area contributed by atoms with Crippen LogP contribution >= 0.6 is 0 Å². The Labute approximate surface area is 111 Å². The molecular weight excluding hydrogens is 216 g/mol. The lowest BCUT2D eigenvalue weighted by molar-refractivity contribution is 0.734. The summed E-state index contributed by atoms with van der Waals surface area (Å²) in [6, 6.07) is 17.7.